The first-order valence-corrected chi connectivity index (χ1v) is 4.27. The molecular formula is C11H10F2O2. The quantitative estimate of drug-likeness (QED) is 0.719. The lowest BCUT2D eigenvalue weighted by Gasteiger charge is -2.07. The van der Waals surface area contributed by atoms with Crippen LogP contribution in [0.3, 0.4) is 0 Å². The SMILES string of the molecule is COC(=O)C(F)(F)/C=C\c1ccccc1. The van der Waals surface area contributed by atoms with Gasteiger partial charge in [-0.15, -0.1) is 0 Å². The van der Waals surface area contributed by atoms with Gasteiger partial charge in [0, 0.05) is 0 Å². The molecule has 0 fully saturated rings. The number of alkyl halides is 2. The van der Waals surface area contributed by atoms with Crippen molar-refractivity contribution in [2.75, 3.05) is 7.11 Å². The lowest BCUT2D eigenvalue weighted by atomic mass is 10.2. The summed E-state index contributed by atoms with van der Waals surface area (Å²) in [4.78, 5) is 10.6. The third-order valence-corrected chi connectivity index (χ3v) is 1.74. The summed E-state index contributed by atoms with van der Waals surface area (Å²) in [5.41, 5.74) is 0.598. The van der Waals surface area contributed by atoms with Crippen LogP contribution in [0.25, 0.3) is 6.08 Å². The molecule has 4 heteroatoms. The molecule has 0 amide bonds. The highest BCUT2D eigenvalue weighted by atomic mass is 19.3. The number of esters is 1. The van der Waals surface area contributed by atoms with E-state index < -0.39 is 11.9 Å². The maximum Gasteiger partial charge on any atom is 0.381 e. The van der Waals surface area contributed by atoms with Crippen molar-refractivity contribution in [3.63, 3.8) is 0 Å². The summed E-state index contributed by atoms with van der Waals surface area (Å²) in [7, 11) is 0.923. The van der Waals surface area contributed by atoms with Gasteiger partial charge in [-0.3, -0.25) is 0 Å². The van der Waals surface area contributed by atoms with E-state index in [2.05, 4.69) is 4.74 Å². The monoisotopic (exact) mass is 212 g/mol. The summed E-state index contributed by atoms with van der Waals surface area (Å²) in [5.74, 6) is -5.14. The molecule has 15 heavy (non-hydrogen) atoms. The zero-order chi connectivity index (χ0) is 11.3. The van der Waals surface area contributed by atoms with Crippen LogP contribution in [0.1, 0.15) is 5.56 Å². The van der Waals surface area contributed by atoms with Crippen molar-refractivity contribution < 1.29 is 18.3 Å². The Balaban J connectivity index is 2.77. The fraction of sp³-hybridized carbons (Fsp3) is 0.182. The van der Waals surface area contributed by atoms with E-state index in [1.54, 1.807) is 30.3 Å². The summed E-state index contributed by atoms with van der Waals surface area (Å²) < 4.78 is 29.8. The summed E-state index contributed by atoms with van der Waals surface area (Å²) in [6.45, 7) is 0. The van der Waals surface area contributed by atoms with Crippen LogP contribution < -0.4 is 0 Å². The molecule has 0 heterocycles. The van der Waals surface area contributed by atoms with E-state index in [1.165, 1.54) is 6.08 Å². The first-order valence-electron chi connectivity index (χ1n) is 4.27. The molecule has 1 aromatic rings. The normalized spacial score (nSPS) is 11.7. The third-order valence-electron chi connectivity index (χ3n) is 1.74. The first kappa shape index (κ1) is 11.4. The highest BCUT2D eigenvalue weighted by Crippen LogP contribution is 2.18. The Morgan fingerprint density at radius 3 is 2.47 bits per heavy atom. The molecule has 2 nitrogen and oxygen atoms in total. The van der Waals surface area contributed by atoms with E-state index >= 15 is 0 Å². The fourth-order valence-electron chi connectivity index (χ4n) is 0.969. The number of hydrogen-bond donors (Lipinski definition) is 0. The topological polar surface area (TPSA) is 26.3 Å². The Kier molecular flexibility index (Phi) is 3.55. The van der Waals surface area contributed by atoms with Crippen molar-refractivity contribution in [2.45, 2.75) is 5.92 Å². The molecule has 0 radical (unpaired) electrons. The average Bonchev–Trinajstić information content (AvgIpc) is 2.27. The zero-order valence-electron chi connectivity index (χ0n) is 8.11. The molecule has 0 aliphatic rings. The molecule has 0 aliphatic heterocycles. The molecule has 0 atom stereocenters. The van der Waals surface area contributed by atoms with Gasteiger partial charge in [-0.1, -0.05) is 36.4 Å². The van der Waals surface area contributed by atoms with E-state index in [4.69, 9.17) is 0 Å². The second-order valence-electron chi connectivity index (χ2n) is 2.86. The standard InChI is InChI=1S/C11H10F2O2/c1-15-10(14)11(12,13)8-7-9-5-3-2-4-6-9/h2-8H,1H3/b8-7-. The van der Waals surface area contributed by atoms with Crippen LogP contribution in [0.4, 0.5) is 8.78 Å². The Labute approximate surface area is 86.2 Å². The van der Waals surface area contributed by atoms with Crippen LogP contribution in [0, 0.1) is 0 Å². The summed E-state index contributed by atoms with van der Waals surface area (Å²) in [6, 6.07) is 8.52. The van der Waals surface area contributed by atoms with Crippen molar-refractivity contribution in [1.29, 1.82) is 0 Å². The first-order chi connectivity index (χ1) is 7.06. The molecule has 80 valence electrons. The van der Waals surface area contributed by atoms with Gasteiger partial charge in [0.2, 0.25) is 0 Å². The van der Waals surface area contributed by atoms with Gasteiger partial charge in [-0.05, 0) is 11.6 Å². The molecule has 0 unspecified atom stereocenters. The van der Waals surface area contributed by atoms with Gasteiger partial charge in [-0.25, -0.2) is 4.79 Å². The van der Waals surface area contributed by atoms with Crippen LogP contribution in [0.5, 0.6) is 0 Å². The van der Waals surface area contributed by atoms with Crippen LogP contribution in [-0.4, -0.2) is 19.0 Å². The molecule has 1 aromatic carbocycles. The molecule has 0 aliphatic carbocycles. The highest BCUT2D eigenvalue weighted by molar-refractivity contribution is 5.81. The van der Waals surface area contributed by atoms with Crippen LogP contribution in [0.2, 0.25) is 0 Å². The number of hydrogen-bond acceptors (Lipinski definition) is 2. The maximum absolute atomic E-state index is 12.9. The molecule has 1 rings (SSSR count). The largest absolute Gasteiger partial charge is 0.464 e. The average molecular weight is 212 g/mol. The summed E-state index contributed by atoms with van der Waals surface area (Å²) in [5, 5.41) is 0. The summed E-state index contributed by atoms with van der Waals surface area (Å²) >= 11 is 0. The highest BCUT2D eigenvalue weighted by Gasteiger charge is 2.36. The molecule has 0 saturated heterocycles. The lowest BCUT2D eigenvalue weighted by Crippen LogP contribution is -2.27. The predicted molar refractivity (Wildman–Crippen MR) is 52.4 cm³/mol. The van der Waals surface area contributed by atoms with Gasteiger partial charge in [0.15, 0.2) is 0 Å². The molecular weight excluding hydrogens is 202 g/mol. The number of methoxy groups -OCH3 is 1. The van der Waals surface area contributed by atoms with Crippen molar-refractivity contribution >= 4 is 12.0 Å². The number of halogens is 2. The van der Waals surface area contributed by atoms with Crippen molar-refractivity contribution in [2.24, 2.45) is 0 Å². The van der Waals surface area contributed by atoms with Crippen molar-refractivity contribution in [1.82, 2.24) is 0 Å². The smallest absolute Gasteiger partial charge is 0.381 e. The van der Waals surface area contributed by atoms with E-state index in [1.807, 2.05) is 0 Å². The van der Waals surface area contributed by atoms with Crippen molar-refractivity contribution in [3.05, 3.63) is 42.0 Å². The number of carbonyl (C=O) groups is 1. The Bertz CT molecular complexity index is 358. The number of rotatable bonds is 3. The van der Waals surface area contributed by atoms with E-state index in [-0.39, 0.29) is 0 Å². The lowest BCUT2D eigenvalue weighted by molar-refractivity contribution is -0.161. The van der Waals surface area contributed by atoms with Crippen LogP contribution >= 0.6 is 0 Å². The van der Waals surface area contributed by atoms with Gasteiger partial charge < -0.3 is 4.74 Å². The van der Waals surface area contributed by atoms with Gasteiger partial charge in [0.25, 0.3) is 0 Å². The molecule has 0 bridgehead atoms. The molecule has 0 N–H and O–H groups in total. The Hall–Kier alpha value is -1.71. The molecule has 0 saturated carbocycles. The minimum absolute atomic E-state index is 0.522. The number of carbonyl (C=O) groups excluding carboxylic acids is 1. The van der Waals surface area contributed by atoms with Gasteiger partial charge in [-0.2, -0.15) is 8.78 Å². The predicted octanol–water partition coefficient (Wildman–Crippen LogP) is 2.51. The van der Waals surface area contributed by atoms with E-state index in [0.717, 1.165) is 7.11 Å². The second kappa shape index (κ2) is 4.68. The minimum Gasteiger partial charge on any atom is -0.464 e. The Morgan fingerprint density at radius 1 is 1.33 bits per heavy atom. The fourth-order valence-corrected chi connectivity index (χ4v) is 0.969. The zero-order valence-corrected chi connectivity index (χ0v) is 8.11. The Morgan fingerprint density at radius 2 is 1.93 bits per heavy atom. The molecule has 0 aromatic heterocycles. The summed E-state index contributed by atoms with van der Waals surface area (Å²) in [6.07, 6.45) is 1.70. The maximum atomic E-state index is 12.9. The number of benzene rings is 1. The minimum atomic E-state index is -3.58. The van der Waals surface area contributed by atoms with E-state index in [0.29, 0.717) is 11.6 Å². The van der Waals surface area contributed by atoms with Gasteiger partial charge in [0.05, 0.1) is 7.11 Å². The number of ether oxygens (including phenoxy) is 1. The van der Waals surface area contributed by atoms with Crippen LogP contribution in [-0.2, 0) is 9.53 Å². The van der Waals surface area contributed by atoms with Crippen LogP contribution in [0.15, 0.2) is 36.4 Å². The third kappa shape index (κ3) is 3.16. The molecule has 0 spiro atoms. The van der Waals surface area contributed by atoms with Crippen molar-refractivity contribution in [3.8, 4) is 0 Å². The second-order valence-corrected chi connectivity index (χ2v) is 2.86. The van der Waals surface area contributed by atoms with E-state index in [9.17, 15) is 13.6 Å². The van der Waals surface area contributed by atoms with Gasteiger partial charge in [0.1, 0.15) is 0 Å². The van der Waals surface area contributed by atoms with Gasteiger partial charge >= 0.3 is 11.9 Å².